The van der Waals surface area contributed by atoms with E-state index in [-0.39, 0.29) is 6.10 Å². The SMILES string of the molecule is CCc1cc(O[C@H]2CCc3cccc(Br)c32)ccc1C1CCN(C(=O)C2CC2)CC1. The number of nitrogens with zero attached hydrogens (tertiary/aromatic N) is 1. The molecule has 2 fully saturated rings. The van der Waals surface area contributed by atoms with Crippen molar-refractivity contribution < 1.29 is 9.53 Å². The highest BCUT2D eigenvalue weighted by atomic mass is 79.9. The number of aryl methyl sites for hydroxylation is 2. The van der Waals surface area contributed by atoms with Crippen LogP contribution in [0.15, 0.2) is 40.9 Å². The van der Waals surface area contributed by atoms with Crippen LogP contribution >= 0.6 is 15.9 Å². The van der Waals surface area contributed by atoms with E-state index in [0.29, 0.717) is 17.7 Å². The lowest BCUT2D eigenvalue weighted by Crippen LogP contribution is -2.38. The third kappa shape index (κ3) is 3.91. The number of piperidine rings is 1. The van der Waals surface area contributed by atoms with E-state index < -0.39 is 0 Å². The molecule has 0 N–H and O–H groups in total. The van der Waals surface area contributed by atoms with Gasteiger partial charge in [0.15, 0.2) is 0 Å². The molecule has 1 saturated carbocycles. The molecule has 0 unspecified atom stereocenters. The van der Waals surface area contributed by atoms with Crippen LogP contribution in [-0.4, -0.2) is 23.9 Å². The van der Waals surface area contributed by atoms with Crippen molar-refractivity contribution in [1.29, 1.82) is 0 Å². The number of hydrogen-bond acceptors (Lipinski definition) is 2. The molecule has 0 spiro atoms. The Labute approximate surface area is 187 Å². The minimum Gasteiger partial charge on any atom is -0.486 e. The van der Waals surface area contributed by atoms with Gasteiger partial charge in [-0.1, -0.05) is 41.1 Å². The fourth-order valence-corrected chi connectivity index (χ4v) is 5.90. The number of rotatable bonds is 5. The number of amides is 1. The summed E-state index contributed by atoms with van der Waals surface area (Å²) in [5.74, 6) is 2.27. The lowest BCUT2D eigenvalue weighted by atomic mass is 9.85. The summed E-state index contributed by atoms with van der Waals surface area (Å²) in [6.45, 7) is 4.05. The van der Waals surface area contributed by atoms with E-state index >= 15 is 0 Å². The number of benzene rings is 2. The minimum atomic E-state index is 0.128. The van der Waals surface area contributed by atoms with Gasteiger partial charge in [-0.15, -0.1) is 0 Å². The standard InChI is InChI=1S/C26H30BrNO2/c1-2-17-16-21(30-24-11-8-19-4-3-5-23(27)25(19)24)9-10-22(17)18-12-14-28(15-13-18)26(29)20-6-7-20/h3-5,9-10,16,18,20,24H,2,6-8,11-15H2,1H3/t24-/m0/s1. The lowest BCUT2D eigenvalue weighted by molar-refractivity contribution is -0.133. The fourth-order valence-electron chi connectivity index (χ4n) is 5.23. The van der Waals surface area contributed by atoms with E-state index in [4.69, 9.17) is 4.74 Å². The van der Waals surface area contributed by atoms with Gasteiger partial charge in [0.2, 0.25) is 5.91 Å². The number of ether oxygens (including phenoxy) is 1. The van der Waals surface area contributed by atoms with Crippen LogP contribution in [0.2, 0.25) is 0 Å². The van der Waals surface area contributed by atoms with Crippen molar-refractivity contribution in [2.75, 3.05) is 13.1 Å². The quantitative estimate of drug-likeness (QED) is 0.524. The molecule has 1 atom stereocenters. The highest BCUT2D eigenvalue weighted by Crippen LogP contribution is 2.41. The number of hydrogen-bond donors (Lipinski definition) is 0. The van der Waals surface area contributed by atoms with E-state index in [1.54, 1.807) is 0 Å². The molecule has 4 heteroatoms. The molecular weight excluding hydrogens is 438 g/mol. The first-order valence-corrected chi connectivity index (χ1v) is 12.3. The fraction of sp³-hybridized carbons (Fsp3) is 0.500. The predicted molar refractivity (Wildman–Crippen MR) is 123 cm³/mol. The van der Waals surface area contributed by atoms with Crippen molar-refractivity contribution in [3.8, 4) is 5.75 Å². The molecule has 2 aromatic carbocycles. The highest BCUT2D eigenvalue weighted by Gasteiger charge is 2.35. The molecule has 1 heterocycles. The van der Waals surface area contributed by atoms with Crippen LogP contribution in [0.5, 0.6) is 5.75 Å². The summed E-state index contributed by atoms with van der Waals surface area (Å²) in [6, 6.07) is 13.1. The zero-order valence-electron chi connectivity index (χ0n) is 17.7. The van der Waals surface area contributed by atoms with Crippen LogP contribution in [0.4, 0.5) is 0 Å². The molecule has 30 heavy (non-hydrogen) atoms. The number of carbonyl (C=O) groups is 1. The molecule has 5 rings (SSSR count). The van der Waals surface area contributed by atoms with Crippen molar-refractivity contribution >= 4 is 21.8 Å². The number of likely N-dealkylation sites (tertiary alicyclic amines) is 1. The average Bonchev–Trinajstić information content (AvgIpc) is 3.55. The second-order valence-electron chi connectivity index (χ2n) is 9.05. The second-order valence-corrected chi connectivity index (χ2v) is 9.90. The van der Waals surface area contributed by atoms with E-state index in [9.17, 15) is 4.79 Å². The van der Waals surface area contributed by atoms with E-state index in [1.807, 2.05) is 0 Å². The highest BCUT2D eigenvalue weighted by molar-refractivity contribution is 9.10. The van der Waals surface area contributed by atoms with Crippen LogP contribution < -0.4 is 4.74 Å². The minimum absolute atomic E-state index is 0.128. The molecule has 1 saturated heterocycles. The third-order valence-corrected chi connectivity index (χ3v) is 7.78. The molecule has 3 nitrogen and oxygen atoms in total. The molecular formula is C26H30BrNO2. The molecule has 0 radical (unpaired) electrons. The number of carbonyl (C=O) groups excluding carboxylic acids is 1. The van der Waals surface area contributed by atoms with Crippen molar-refractivity contribution in [3.05, 3.63) is 63.1 Å². The maximum Gasteiger partial charge on any atom is 0.225 e. The van der Waals surface area contributed by atoms with Gasteiger partial charge in [0.25, 0.3) is 0 Å². The second kappa shape index (κ2) is 8.37. The number of fused-ring (bicyclic) bond motifs is 1. The summed E-state index contributed by atoms with van der Waals surface area (Å²) in [5, 5.41) is 0. The van der Waals surface area contributed by atoms with Gasteiger partial charge in [0.05, 0.1) is 0 Å². The molecule has 0 aromatic heterocycles. The van der Waals surface area contributed by atoms with Gasteiger partial charge >= 0.3 is 0 Å². The Balaban J connectivity index is 1.28. The molecule has 0 bridgehead atoms. The molecule has 2 aliphatic carbocycles. The van der Waals surface area contributed by atoms with Gasteiger partial charge in [-0.05, 0) is 85.8 Å². The van der Waals surface area contributed by atoms with Gasteiger partial charge in [-0.3, -0.25) is 4.79 Å². The Morgan fingerprint density at radius 3 is 2.63 bits per heavy atom. The average molecular weight is 468 g/mol. The van der Waals surface area contributed by atoms with Gasteiger partial charge in [-0.25, -0.2) is 0 Å². The van der Waals surface area contributed by atoms with Crippen LogP contribution in [0.3, 0.4) is 0 Å². The summed E-state index contributed by atoms with van der Waals surface area (Å²) < 4.78 is 7.62. The van der Waals surface area contributed by atoms with Crippen molar-refractivity contribution in [2.45, 2.75) is 63.9 Å². The van der Waals surface area contributed by atoms with Crippen LogP contribution in [0, 0.1) is 5.92 Å². The Kier molecular flexibility index (Phi) is 5.61. The van der Waals surface area contributed by atoms with Crippen molar-refractivity contribution in [1.82, 2.24) is 4.90 Å². The zero-order valence-corrected chi connectivity index (χ0v) is 19.3. The Hall–Kier alpha value is -1.81. The normalized spacial score (nSPS) is 21.5. The predicted octanol–water partition coefficient (Wildman–Crippen LogP) is 6.19. The van der Waals surface area contributed by atoms with Crippen molar-refractivity contribution in [3.63, 3.8) is 0 Å². The monoisotopic (exact) mass is 467 g/mol. The molecule has 158 valence electrons. The van der Waals surface area contributed by atoms with Crippen molar-refractivity contribution in [2.24, 2.45) is 5.92 Å². The van der Waals surface area contributed by atoms with E-state index in [1.165, 1.54) is 22.3 Å². The summed E-state index contributed by atoms with van der Waals surface area (Å²) in [7, 11) is 0. The van der Waals surface area contributed by atoms with Crippen LogP contribution in [0.25, 0.3) is 0 Å². The van der Waals surface area contributed by atoms with E-state index in [0.717, 1.165) is 68.3 Å². The largest absolute Gasteiger partial charge is 0.486 e. The Morgan fingerprint density at radius 2 is 1.90 bits per heavy atom. The topological polar surface area (TPSA) is 29.5 Å². The summed E-state index contributed by atoms with van der Waals surface area (Å²) >= 11 is 3.71. The first-order valence-electron chi connectivity index (χ1n) is 11.5. The number of halogens is 1. The summed E-state index contributed by atoms with van der Waals surface area (Å²) in [6.07, 6.45) is 7.61. The van der Waals surface area contributed by atoms with Crippen LogP contribution in [0.1, 0.15) is 73.3 Å². The van der Waals surface area contributed by atoms with Gasteiger partial charge in [0.1, 0.15) is 11.9 Å². The lowest BCUT2D eigenvalue weighted by Gasteiger charge is -2.33. The molecule has 1 aliphatic heterocycles. The van der Waals surface area contributed by atoms with Gasteiger partial charge < -0.3 is 9.64 Å². The summed E-state index contributed by atoms with van der Waals surface area (Å²) in [5.41, 5.74) is 5.56. The molecule has 3 aliphatic rings. The summed E-state index contributed by atoms with van der Waals surface area (Å²) in [4.78, 5) is 14.5. The van der Waals surface area contributed by atoms with E-state index in [2.05, 4.69) is 64.2 Å². The molecule has 1 amide bonds. The van der Waals surface area contributed by atoms with Gasteiger partial charge in [-0.2, -0.15) is 0 Å². The maximum absolute atomic E-state index is 12.4. The maximum atomic E-state index is 12.4. The Bertz CT molecular complexity index is 944. The Morgan fingerprint density at radius 1 is 1.10 bits per heavy atom. The third-order valence-electron chi connectivity index (χ3n) is 7.09. The molecule has 2 aromatic rings. The van der Waals surface area contributed by atoms with Crippen LogP contribution in [-0.2, 0) is 17.6 Å². The first-order chi connectivity index (χ1) is 14.6. The zero-order chi connectivity index (χ0) is 20.7. The smallest absolute Gasteiger partial charge is 0.225 e. The van der Waals surface area contributed by atoms with Gasteiger partial charge in [0, 0.05) is 29.0 Å². The first kappa shape index (κ1) is 20.1.